The van der Waals surface area contributed by atoms with Gasteiger partial charge in [0.1, 0.15) is 12.5 Å². The molecule has 1 saturated heterocycles. The number of halogens is 3. The molecule has 0 saturated carbocycles. The Balaban J connectivity index is 2.71. The highest BCUT2D eigenvalue weighted by Gasteiger charge is 2.48. The standard InChI is InChI=1S/C8H10F3NO3/c9-8(10,11)5-2-1-3-12(7(5)15)4-6(13)14/h5H,1-4H2,(H,13,14). The molecule has 1 aliphatic heterocycles. The van der Waals surface area contributed by atoms with Crippen molar-refractivity contribution in [3.05, 3.63) is 0 Å². The summed E-state index contributed by atoms with van der Waals surface area (Å²) < 4.78 is 36.9. The molecule has 1 amide bonds. The van der Waals surface area contributed by atoms with Gasteiger partial charge in [-0.1, -0.05) is 0 Å². The predicted molar refractivity (Wildman–Crippen MR) is 43.0 cm³/mol. The highest BCUT2D eigenvalue weighted by atomic mass is 19.4. The lowest BCUT2D eigenvalue weighted by Gasteiger charge is -2.31. The third kappa shape index (κ3) is 2.84. The third-order valence-corrected chi connectivity index (χ3v) is 2.25. The minimum absolute atomic E-state index is 0.0811. The van der Waals surface area contributed by atoms with Crippen LogP contribution in [0, 0.1) is 5.92 Å². The van der Waals surface area contributed by atoms with E-state index >= 15 is 0 Å². The Morgan fingerprint density at radius 2 is 2.13 bits per heavy atom. The van der Waals surface area contributed by atoms with Gasteiger partial charge in [-0.2, -0.15) is 13.2 Å². The third-order valence-electron chi connectivity index (χ3n) is 2.25. The molecule has 0 aromatic rings. The highest BCUT2D eigenvalue weighted by molar-refractivity contribution is 5.84. The molecule has 1 heterocycles. The van der Waals surface area contributed by atoms with Crippen LogP contribution in [0.25, 0.3) is 0 Å². The average molecular weight is 225 g/mol. The maximum atomic E-state index is 12.3. The number of nitrogens with zero attached hydrogens (tertiary/aromatic N) is 1. The first-order valence-electron chi connectivity index (χ1n) is 4.39. The zero-order chi connectivity index (χ0) is 11.6. The number of hydrogen-bond donors (Lipinski definition) is 1. The number of hydrogen-bond acceptors (Lipinski definition) is 2. The number of alkyl halides is 3. The maximum Gasteiger partial charge on any atom is 0.400 e. The SMILES string of the molecule is O=C(O)CN1CCCC(C(F)(F)F)C1=O. The number of carboxylic acids is 1. The number of amides is 1. The van der Waals surface area contributed by atoms with E-state index in [9.17, 15) is 22.8 Å². The largest absolute Gasteiger partial charge is 0.480 e. The van der Waals surface area contributed by atoms with Gasteiger partial charge in [-0.15, -0.1) is 0 Å². The molecular formula is C8H10F3NO3. The van der Waals surface area contributed by atoms with Gasteiger partial charge >= 0.3 is 12.1 Å². The molecule has 0 spiro atoms. The Morgan fingerprint density at radius 1 is 1.53 bits per heavy atom. The Hall–Kier alpha value is -1.27. The molecule has 0 aromatic heterocycles. The van der Waals surface area contributed by atoms with Crippen molar-refractivity contribution in [2.24, 2.45) is 5.92 Å². The number of carbonyl (C=O) groups excluding carboxylic acids is 1. The number of carboxylic acid groups (broad SMARTS) is 1. The topological polar surface area (TPSA) is 57.6 Å². The van der Waals surface area contributed by atoms with E-state index in [4.69, 9.17) is 5.11 Å². The molecule has 1 fully saturated rings. The van der Waals surface area contributed by atoms with Crippen LogP contribution in [0.2, 0.25) is 0 Å². The van der Waals surface area contributed by atoms with Crippen LogP contribution in [-0.4, -0.2) is 41.1 Å². The minimum atomic E-state index is -4.58. The molecule has 1 unspecified atom stereocenters. The van der Waals surface area contributed by atoms with E-state index in [2.05, 4.69) is 0 Å². The van der Waals surface area contributed by atoms with Crippen LogP contribution in [0.1, 0.15) is 12.8 Å². The van der Waals surface area contributed by atoms with Crippen LogP contribution in [0.3, 0.4) is 0 Å². The lowest BCUT2D eigenvalue weighted by molar-refractivity contribution is -0.196. The molecule has 0 radical (unpaired) electrons. The summed E-state index contributed by atoms with van der Waals surface area (Å²) in [5.74, 6) is -4.46. The maximum absolute atomic E-state index is 12.3. The summed E-state index contributed by atoms with van der Waals surface area (Å²) in [6, 6.07) is 0. The first-order chi connectivity index (χ1) is 6.82. The summed E-state index contributed by atoms with van der Waals surface area (Å²) in [5, 5.41) is 8.40. The summed E-state index contributed by atoms with van der Waals surface area (Å²) in [7, 11) is 0. The molecule has 1 atom stereocenters. The van der Waals surface area contributed by atoms with Crippen molar-refractivity contribution in [2.75, 3.05) is 13.1 Å². The van der Waals surface area contributed by atoms with Gasteiger partial charge in [0.15, 0.2) is 0 Å². The zero-order valence-electron chi connectivity index (χ0n) is 7.75. The van der Waals surface area contributed by atoms with Gasteiger partial charge in [-0.05, 0) is 12.8 Å². The van der Waals surface area contributed by atoms with E-state index in [0.717, 1.165) is 4.90 Å². The highest BCUT2D eigenvalue weighted by Crippen LogP contribution is 2.33. The van der Waals surface area contributed by atoms with Crippen LogP contribution in [-0.2, 0) is 9.59 Å². The summed E-state index contributed by atoms with van der Waals surface area (Å²) in [4.78, 5) is 22.3. The van der Waals surface area contributed by atoms with Crippen molar-refractivity contribution in [3.63, 3.8) is 0 Å². The van der Waals surface area contributed by atoms with Gasteiger partial charge in [-0.25, -0.2) is 0 Å². The van der Waals surface area contributed by atoms with Crippen molar-refractivity contribution < 1.29 is 27.9 Å². The summed E-state index contributed by atoms with van der Waals surface area (Å²) in [6.07, 6.45) is -4.64. The lowest BCUT2D eigenvalue weighted by atomic mass is 9.96. The number of likely N-dealkylation sites (tertiary alicyclic amines) is 1. The molecule has 0 aromatic carbocycles. The number of aliphatic carboxylic acids is 1. The Bertz CT molecular complexity index is 277. The summed E-state index contributed by atoms with van der Waals surface area (Å²) in [5.41, 5.74) is 0. The van der Waals surface area contributed by atoms with E-state index in [-0.39, 0.29) is 19.4 Å². The van der Waals surface area contributed by atoms with Gasteiger partial charge in [0.2, 0.25) is 5.91 Å². The molecule has 4 nitrogen and oxygen atoms in total. The van der Waals surface area contributed by atoms with Gasteiger partial charge in [0.25, 0.3) is 0 Å². The second-order valence-corrected chi connectivity index (χ2v) is 3.39. The van der Waals surface area contributed by atoms with Crippen LogP contribution >= 0.6 is 0 Å². The average Bonchev–Trinajstić information content (AvgIpc) is 2.05. The normalized spacial score (nSPS) is 23.0. The molecule has 7 heteroatoms. The quantitative estimate of drug-likeness (QED) is 0.758. The fraction of sp³-hybridized carbons (Fsp3) is 0.750. The second-order valence-electron chi connectivity index (χ2n) is 3.39. The van der Waals surface area contributed by atoms with Crippen LogP contribution in [0.5, 0.6) is 0 Å². The van der Waals surface area contributed by atoms with Gasteiger partial charge in [0.05, 0.1) is 0 Å². The molecule has 1 N–H and O–H groups in total. The Kier molecular flexibility index (Phi) is 3.21. The Morgan fingerprint density at radius 3 is 2.60 bits per heavy atom. The monoisotopic (exact) mass is 225 g/mol. The predicted octanol–water partition coefficient (Wildman–Crippen LogP) is 0.872. The molecule has 0 aliphatic carbocycles. The fourth-order valence-electron chi connectivity index (χ4n) is 1.56. The molecule has 1 rings (SSSR count). The lowest BCUT2D eigenvalue weighted by Crippen LogP contribution is -2.48. The fourth-order valence-corrected chi connectivity index (χ4v) is 1.56. The molecule has 0 bridgehead atoms. The van der Waals surface area contributed by atoms with Crippen molar-refractivity contribution in [2.45, 2.75) is 19.0 Å². The summed E-state index contributed by atoms with van der Waals surface area (Å²) >= 11 is 0. The van der Waals surface area contributed by atoms with E-state index in [1.54, 1.807) is 0 Å². The Labute approximate surface area is 83.7 Å². The number of piperidine rings is 1. The van der Waals surface area contributed by atoms with Gasteiger partial charge in [0, 0.05) is 6.54 Å². The zero-order valence-corrected chi connectivity index (χ0v) is 7.75. The van der Waals surface area contributed by atoms with E-state index in [1.807, 2.05) is 0 Å². The smallest absolute Gasteiger partial charge is 0.400 e. The molecule has 1 aliphatic rings. The summed E-state index contributed by atoms with van der Waals surface area (Å²) in [6.45, 7) is -0.580. The van der Waals surface area contributed by atoms with E-state index in [1.165, 1.54) is 0 Å². The number of carbonyl (C=O) groups is 2. The van der Waals surface area contributed by atoms with Crippen LogP contribution < -0.4 is 0 Å². The van der Waals surface area contributed by atoms with Crippen molar-refractivity contribution in [1.82, 2.24) is 4.90 Å². The molecule has 15 heavy (non-hydrogen) atoms. The molecule has 86 valence electrons. The molecular weight excluding hydrogens is 215 g/mol. The first-order valence-corrected chi connectivity index (χ1v) is 4.39. The minimum Gasteiger partial charge on any atom is -0.480 e. The second kappa shape index (κ2) is 4.08. The first kappa shape index (κ1) is 11.8. The van der Waals surface area contributed by atoms with Crippen molar-refractivity contribution in [3.8, 4) is 0 Å². The van der Waals surface area contributed by atoms with Crippen molar-refractivity contribution >= 4 is 11.9 Å². The van der Waals surface area contributed by atoms with Gasteiger partial charge < -0.3 is 10.0 Å². The van der Waals surface area contributed by atoms with E-state index < -0.39 is 30.5 Å². The van der Waals surface area contributed by atoms with Crippen LogP contribution in [0.15, 0.2) is 0 Å². The number of rotatable bonds is 2. The van der Waals surface area contributed by atoms with Gasteiger partial charge in [-0.3, -0.25) is 9.59 Å². The van der Waals surface area contributed by atoms with Crippen LogP contribution in [0.4, 0.5) is 13.2 Å². The van der Waals surface area contributed by atoms with E-state index in [0.29, 0.717) is 0 Å². The van der Waals surface area contributed by atoms with Crippen molar-refractivity contribution in [1.29, 1.82) is 0 Å².